The van der Waals surface area contributed by atoms with Gasteiger partial charge in [-0.05, 0) is 69.2 Å². The van der Waals surface area contributed by atoms with Crippen LogP contribution < -0.4 is 0 Å². The molecule has 2 aliphatic carbocycles. The maximum Gasteiger partial charge on any atom is 0.186 e. The van der Waals surface area contributed by atoms with E-state index in [9.17, 15) is 9.59 Å². The van der Waals surface area contributed by atoms with Crippen LogP contribution in [0.2, 0.25) is 30.1 Å². The number of Topliss-reactive ketones (excluding diaryl/α,β-unsaturated/α-hetero) is 2. The van der Waals surface area contributed by atoms with Crippen molar-refractivity contribution in [2.45, 2.75) is 83.1 Å². The van der Waals surface area contributed by atoms with Crippen LogP contribution >= 0.6 is 69.6 Å². The van der Waals surface area contributed by atoms with Gasteiger partial charge in [-0.3, -0.25) is 9.59 Å². The van der Waals surface area contributed by atoms with Gasteiger partial charge >= 0.3 is 0 Å². The SMILES string of the molecule is CC(C)(C)C1=CC(=CN=Nc2c(Cl)cc(-c3cc(Cl)c(N=NC=C4C=C(C(C)(C)C)C(=O)C(C(C)(C)C)=C4)c(Cl)c3Cl)c(Cl)c2Cl)C=C(C(C)(C)C)C1=O. The van der Waals surface area contributed by atoms with Crippen LogP contribution in [0.15, 0.2) is 103 Å². The van der Waals surface area contributed by atoms with E-state index in [1.54, 1.807) is 24.5 Å². The van der Waals surface area contributed by atoms with E-state index < -0.39 is 0 Å². The van der Waals surface area contributed by atoms with Gasteiger partial charge in [0, 0.05) is 33.4 Å². The Labute approximate surface area is 348 Å². The first-order valence-corrected chi connectivity index (χ1v) is 19.5. The van der Waals surface area contributed by atoms with Gasteiger partial charge in [0.25, 0.3) is 0 Å². The number of azo groups is 2. The fraction of sp³-hybridized carbons (Fsp3) is 0.381. The fourth-order valence-electron chi connectivity index (χ4n) is 5.73. The lowest BCUT2D eigenvalue weighted by Gasteiger charge is -2.31. The molecule has 0 unspecified atom stereocenters. The summed E-state index contributed by atoms with van der Waals surface area (Å²) in [5, 5.41) is 17.6. The van der Waals surface area contributed by atoms with Gasteiger partial charge < -0.3 is 0 Å². The maximum absolute atomic E-state index is 13.3. The Balaban J connectivity index is 1.71. The highest BCUT2D eigenvalue weighted by Crippen LogP contribution is 2.50. The van der Waals surface area contributed by atoms with Crippen molar-refractivity contribution in [3.8, 4) is 11.1 Å². The first-order chi connectivity index (χ1) is 24.6. The van der Waals surface area contributed by atoms with Crippen molar-refractivity contribution in [3.05, 3.63) is 112 Å². The van der Waals surface area contributed by atoms with Gasteiger partial charge in [-0.2, -0.15) is 10.2 Å². The molecule has 0 bridgehead atoms. The Hall–Kier alpha value is -2.84. The second kappa shape index (κ2) is 16.0. The van der Waals surface area contributed by atoms with Gasteiger partial charge in [-0.1, -0.05) is 153 Å². The zero-order valence-electron chi connectivity index (χ0n) is 32.5. The highest BCUT2D eigenvalue weighted by atomic mass is 35.5. The molecule has 0 atom stereocenters. The third kappa shape index (κ3) is 9.57. The predicted molar refractivity (Wildman–Crippen MR) is 227 cm³/mol. The molecule has 0 saturated heterocycles. The monoisotopic (exact) mass is 846 g/mol. The molecule has 0 aromatic heterocycles. The summed E-state index contributed by atoms with van der Waals surface area (Å²) in [7, 11) is 0. The fourth-order valence-corrected chi connectivity index (χ4v) is 7.29. The quantitative estimate of drug-likeness (QED) is 0.222. The van der Waals surface area contributed by atoms with Crippen molar-refractivity contribution in [3.63, 3.8) is 0 Å². The molecule has 54 heavy (non-hydrogen) atoms. The van der Waals surface area contributed by atoms with Crippen molar-refractivity contribution in [1.29, 1.82) is 0 Å². The van der Waals surface area contributed by atoms with Crippen LogP contribution in [0.4, 0.5) is 11.4 Å². The second-order valence-corrected chi connectivity index (χ2v) is 19.7. The zero-order chi connectivity index (χ0) is 40.9. The van der Waals surface area contributed by atoms with Crippen LogP contribution in [0.5, 0.6) is 0 Å². The minimum Gasteiger partial charge on any atom is -0.289 e. The van der Waals surface area contributed by atoms with Crippen LogP contribution in [-0.4, -0.2) is 11.6 Å². The number of carbonyl (C=O) groups excluding carboxylic acids is 2. The Morgan fingerprint density at radius 2 is 0.704 bits per heavy atom. The number of halogens is 6. The van der Waals surface area contributed by atoms with Crippen LogP contribution in [-0.2, 0) is 9.59 Å². The van der Waals surface area contributed by atoms with Gasteiger partial charge in [-0.15, -0.1) is 10.2 Å². The predicted octanol–water partition coefficient (Wildman–Crippen LogP) is 16.3. The summed E-state index contributed by atoms with van der Waals surface area (Å²) in [6.07, 6.45) is 10.4. The molecule has 2 aromatic rings. The summed E-state index contributed by atoms with van der Waals surface area (Å²) >= 11 is 40.4. The van der Waals surface area contributed by atoms with Crippen molar-refractivity contribution < 1.29 is 9.59 Å². The van der Waals surface area contributed by atoms with E-state index in [1.807, 2.05) is 107 Å². The van der Waals surface area contributed by atoms with Gasteiger partial charge in [0.05, 0.1) is 42.5 Å². The summed E-state index contributed by atoms with van der Waals surface area (Å²) < 4.78 is 0. The molecule has 2 aromatic carbocycles. The Bertz CT molecular complexity index is 1960. The highest BCUT2D eigenvalue weighted by Gasteiger charge is 2.35. The second-order valence-electron chi connectivity index (χ2n) is 17.3. The molecule has 0 saturated carbocycles. The zero-order valence-corrected chi connectivity index (χ0v) is 37.0. The van der Waals surface area contributed by atoms with Gasteiger partial charge in [0.15, 0.2) is 11.6 Å². The van der Waals surface area contributed by atoms with Gasteiger partial charge in [0.2, 0.25) is 0 Å². The van der Waals surface area contributed by atoms with E-state index in [0.717, 1.165) is 0 Å². The van der Waals surface area contributed by atoms with E-state index in [1.165, 1.54) is 0 Å². The van der Waals surface area contributed by atoms with Crippen LogP contribution in [0.1, 0.15) is 83.1 Å². The van der Waals surface area contributed by atoms with E-state index in [4.69, 9.17) is 69.6 Å². The van der Waals surface area contributed by atoms with E-state index in [0.29, 0.717) is 44.6 Å². The summed E-state index contributed by atoms with van der Waals surface area (Å²) in [6, 6.07) is 3.10. The molecule has 0 N–H and O–H groups in total. The molecule has 6 nitrogen and oxygen atoms in total. The molecule has 0 heterocycles. The molecule has 0 fully saturated rings. The summed E-state index contributed by atoms with van der Waals surface area (Å²) in [4.78, 5) is 26.6. The number of ketones is 2. The van der Waals surface area contributed by atoms with Crippen LogP contribution in [0.3, 0.4) is 0 Å². The Morgan fingerprint density at radius 3 is 0.944 bits per heavy atom. The molecule has 2 aliphatic rings. The van der Waals surface area contributed by atoms with Gasteiger partial charge in [-0.25, -0.2) is 0 Å². The summed E-state index contributed by atoms with van der Waals surface area (Å²) in [6.45, 7) is 23.9. The van der Waals surface area contributed by atoms with Crippen molar-refractivity contribution in [2.24, 2.45) is 42.1 Å². The lowest BCUT2D eigenvalue weighted by Crippen LogP contribution is -2.27. The molecular formula is C42H44Cl6N4O2. The number of hydrogen-bond acceptors (Lipinski definition) is 6. The third-order valence-electron chi connectivity index (χ3n) is 8.74. The number of nitrogens with zero attached hydrogens (tertiary/aromatic N) is 4. The molecule has 12 heteroatoms. The molecule has 286 valence electrons. The number of rotatable bonds is 5. The maximum atomic E-state index is 13.3. The normalized spacial score (nSPS) is 16.3. The Morgan fingerprint density at radius 1 is 0.444 bits per heavy atom. The summed E-state index contributed by atoms with van der Waals surface area (Å²) in [5.41, 5.74) is 3.62. The highest BCUT2D eigenvalue weighted by molar-refractivity contribution is 6.50. The molecular weight excluding hydrogens is 805 g/mol. The molecule has 4 rings (SSSR count). The largest absolute Gasteiger partial charge is 0.289 e. The van der Waals surface area contributed by atoms with Gasteiger partial charge in [0.1, 0.15) is 11.4 Å². The molecule has 0 radical (unpaired) electrons. The lowest BCUT2D eigenvalue weighted by molar-refractivity contribution is -0.114. The number of allylic oxidation sites excluding steroid dienone is 10. The average Bonchev–Trinajstić information content (AvgIpc) is 3.03. The lowest BCUT2D eigenvalue weighted by atomic mass is 9.72. The number of benzene rings is 2. The molecule has 0 aliphatic heterocycles. The summed E-state index contributed by atoms with van der Waals surface area (Å²) in [5.74, 6) is 0.0320. The van der Waals surface area contributed by atoms with Crippen molar-refractivity contribution >= 4 is 92.5 Å². The minimum atomic E-state index is -0.376. The topological polar surface area (TPSA) is 83.6 Å². The standard InChI is InChI=1S/C42H44Cl6N4O2/c1-39(2,3)25-13-21(14-26(37(25)53)40(4,5)6)19-49-51-35-29(43)17-23(31(45)33(35)47)24-18-30(44)36(34(48)32(24)46)52-50-20-22-15-27(41(7,8)9)38(54)28(16-22)42(10,11)12/h13-20H,1-12H3. The molecule has 0 spiro atoms. The number of carbonyl (C=O) groups is 2. The van der Waals surface area contributed by atoms with Crippen molar-refractivity contribution in [1.82, 2.24) is 0 Å². The smallest absolute Gasteiger partial charge is 0.186 e. The van der Waals surface area contributed by atoms with E-state index in [-0.39, 0.29) is 74.7 Å². The van der Waals surface area contributed by atoms with Crippen LogP contribution in [0, 0.1) is 21.7 Å². The first kappa shape index (κ1) is 43.9. The van der Waals surface area contributed by atoms with E-state index in [2.05, 4.69) is 20.5 Å². The average molecular weight is 850 g/mol. The van der Waals surface area contributed by atoms with Crippen molar-refractivity contribution in [2.75, 3.05) is 0 Å². The van der Waals surface area contributed by atoms with E-state index >= 15 is 0 Å². The molecule has 0 amide bonds. The minimum absolute atomic E-state index is 0.0160. The Kier molecular flexibility index (Phi) is 13.0. The third-order valence-corrected chi connectivity index (χ3v) is 11.0. The van der Waals surface area contributed by atoms with Crippen LogP contribution in [0.25, 0.3) is 11.1 Å². The number of hydrogen-bond donors (Lipinski definition) is 0. The first-order valence-electron chi connectivity index (χ1n) is 17.2.